The normalized spacial score (nSPS) is 14.9. The molecule has 5 amide bonds. The van der Waals surface area contributed by atoms with Crippen LogP contribution in [0.3, 0.4) is 0 Å². The number of hydrogen-bond donors (Lipinski definition) is 9. The highest BCUT2D eigenvalue weighted by Crippen LogP contribution is 2.37. The number of urea groups is 2. The SMILES string of the molecule is CC(CO)Nc1cc(-c2ccccc2Cl)nc2c(Br)cnn12.C[C@@H](CO)Nc1cc(-c2ccccc2Cl)nc2c(Br)cnn12.NC(=O)N1CCCC(CCNc2cc(-c3ccccc3Cl)nc3c(Br)cnn23)C1.NC(=O)N1CCCC(CNc2cc(-c3ccccc3)nc3c(Br)cnn23)C1.O=C1CCCN1CCCNc1cc(-c2ccccc2Cl)nc2c(Br)cnn12. The van der Waals surface area contributed by atoms with Crippen LogP contribution in [0.4, 0.5) is 38.7 Å². The van der Waals surface area contributed by atoms with Crippen molar-refractivity contribution in [1.82, 2.24) is 87.7 Å². The maximum Gasteiger partial charge on any atom is 0.314 e. The van der Waals surface area contributed by atoms with Crippen LogP contribution in [0.15, 0.2) is 211 Å². The van der Waals surface area contributed by atoms with Gasteiger partial charge in [-0.25, -0.2) is 34.5 Å². The Labute approximate surface area is 793 Å². The van der Waals surface area contributed by atoms with Gasteiger partial charge in [-0.15, -0.1) is 0 Å². The van der Waals surface area contributed by atoms with Gasteiger partial charge in [0.25, 0.3) is 0 Å². The van der Waals surface area contributed by atoms with Crippen molar-refractivity contribution in [2.24, 2.45) is 23.3 Å². The molecule has 3 fully saturated rings. The molecule has 18 rings (SSSR count). The summed E-state index contributed by atoms with van der Waals surface area (Å²) < 4.78 is 12.8. The standard InChI is InChI=1S/C20H22BrClN6O.C19H19BrClN5O.C19H21BrN6O.2C15H14BrClN4O/c21-15-11-25-28-18(24-8-7-13-4-3-9-27(12-13)20(23)29)10-17(26-19(15)28)14-5-1-2-6-16(14)22;20-14-12-23-26-17(22-8-4-10-25-9-3-7-18(25)27)11-16(24-19(14)26)13-5-1-2-6-15(13)21;20-15-11-23-26-17(22-10-13-5-4-8-25(12-13)19(21)27)9-16(24-18(15)26)14-6-2-1-3-7-14;2*1-9(8-22)19-14-6-13(10-4-2-3-5-12(10)17)20-15-11(16)7-18-21(14)15/h1-2,5-6,10-11,13,24H,3-4,7-9,12H2,(H2,23,29);1-2,5-6,11-12,22H,3-4,7-10H2;1-3,6-7,9,11,13,22H,4-5,8,10,12H2,(H2,21,27);2*2-7,9,19,22H,8H2,1H3/t;;;9-;/m...0./s1. The summed E-state index contributed by atoms with van der Waals surface area (Å²) in [6.07, 6.45) is 16.2. The van der Waals surface area contributed by atoms with Gasteiger partial charge in [0, 0.05) is 156 Å². The Morgan fingerprint density at radius 2 is 0.780 bits per heavy atom. The second-order valence-corrected chi connectivity index (χ2v) is 36.4. The number of aliphatic hydroxyl groups is 2. The summed E-state index contributed by atoms with van der Waals surface area (Å²) in [4.78, 5) is 63.4. The average molecular weight is 2120 g/mol. The molecule has 4 atom stereocenters. The van der Waals surface area contributed by atoms with Crippen LogP contribution < -0.4 is 38.1 Å². The predicted octanol–water partition coefficient (Wildman–Crippen LogP) is 19.2. The van der Waals surface area contributed by atoms with E-state index in [4.69, 9.17) is 72.8 Å². The Morgan fingerprint density at radius 3 is 1.16 bits per heavy atom. The van der Waals surface area contributed by atoms with Crippen molar-refractivity contribution in [3.63, 3.8) is 0 Å². The van der Waals surface area contributed by atoms with E-state index in [-0.39, 0.29) is 43.3 Å². The Bertz CT molecular complexity index is 6250. The Hall–Kier alpha value is -10.3. The third-order valence-electron chi connectivity index (χ3n) is 21.3. The van der Waals surface area contributed by atoms with Gasteiger partial charge in [0.1, 0.15) is 29.1 Å². The number of piperidine rings is 2. The molecule has 5 aromatic carbocycles. The first-order valence-electron chi connectivity index (χ1n) is 41.1. The number of nitrogens with two attached hydrogens (primary N) is 2. The number of primary amides is 2. The van der Waals surface area contributed by atoms with Gasteiger partial charge in [0.2, 0.25) is 5.91 Å². The smallest absolute Gasteiger partial charge is 0.314 e. The molecule has 39 heteroatoms. The lowest BCUT2D eigenvalue weighted by atomic mass is 9.95. The topological polar surface area (TPSA) is 365 Å². The maximum absolute atomic E-state index is 11.7. The van der Waals surface area contributed by atoms with Crippen molar-refractivity contribution < 1.29 is 24.6 Å². The highest BCUT2D eigenvalue weighted by atomic mass is 79.9. The average Bonchev–Trinajstić information content (AvgIpc) is 1.71. The number of benzene rings is 5. The second kappa shape index (κ2) is 43.7. The van der Waals surface area contributed by atoms with E-state index in [2.05, 4.69) is 142 Å². The summed E-state index contributed by atoms with van der Waals surface area (Å²) in [5.74, 6) is 5.10. The molecular weight excluding hydrogens is 2030 g/mol. The molecule has 15 aromatic rings. The number of carbonyl (C=O) groups is 3. The van der Waals surface area contributed by atoms with Crippen LogP contribution >= 0.6 is 126 Å². The van der Waals surface area contributed by atoms with Gasteiger partial charge in [0.15, 0.2) is 28.2 Å². The van der Waals surface area contributed by atoms with Crippen LogP contribution in [0.1, 0.15) is 65.2 Å². The van der Waals surface area contributed by atoms with Gasteiger partial charge in [-0.3, -0.25) is 4.79 Å². The lowest BCUT2D eigenvalue weighted by Crippen LogP contribution is -2.44. The van der Waals surface area contributed by atoms with E-state index in [1.807, 2.05) is 176 Å². The molecule has 3 aliphatic rings. The van der Waals surface area contributed by atoms with E-state index in [1.165, 1.54) is 0 Å². The Morgan fingerprint density at radius 1 is 0.441 bits per heavy atom. The van der Waals surface area contributed by atoms with E-state index in [0.29, 0.717) is 56.2 Å². The van der Waals surface area contributed by atoms with Crippen LogP contribution in [-0.2, 0) is 4.79 Å². The van der Waals surface area contributed by atoms with Crippen LogP contribution in [0, 0.1) is 11.8 Å². The first kappa shape index (κ1) is 92.9. The molecule has 10 aromatic heterocycles. The molecular formula is C88H90Br5Cl4N25O5. The number of anilines is 5. The van der Waals surface area contributed by atoms with E-state index in [9.17, 15) is 24.6 Å². The van der Waals surface area contributed by atoms with E-state index < -0.39 is 0 Å². The van der Waals surface area contributed by atoms with Crippen molar-refractivity contribution in [3.8, 4) is 56.3 Å². The summed E-state index contributed by atoms with van der Waals surface area (Å²) in [6, 6.07) is 49.3. The highest BCUT2D eigenvalue weighted by molar-refractivity contribution is 9.11. The molecule has 30 nitrogen and oxygen atoms in total. The molecule has 3 unspecified atom stereocenters. The lowest BCUT2D eigenvalue weighted by molar-refractivity contribution is -0.127. The fraction of sp³-hybridized carbons (Fsp3) is 0.284. The van der Waals surface area contributed by atoms with E-state index in [1.54, 1.807) is 63.4 Å². The van der Waals surface area contributed by atoms with Crippen molar-refractivity contribution >= 4 is 201 Å². The number of amides is 5. The predicted molar refractivity (Wildman–Crippen MR) is 519 cm³/mol. The van der Waals surface area contributed by atoms with Crippen molar-refractivity contribution in [1.29, 1.82) is 0 Å². The summed E-state index contributed by atoms with van der Waals surface area (Å²) in [7, 11) is 0. The van der Waals surface area contributed by atoms with Crippen LogP contribution in [-0.4, -0.2) is 200 Å². The van der Waals surface area contributed by atoms with E-state index >= 15 is 0 Å². The zero-order valence-electron chi connectivity index (χ0n) is 68.9. The number of likely N-dealkylation sites (tertiary alicyclic amines) is 3. The summed E-state index contributed by atoms with van der Waals surface area (Å²) in [6.45, 7) is 10.6. The number of aliphatic hydroxyl groups excluding tert-OH is 2. The zero-order chi connectivity index (χ0) is 89.4. The summed E-state index contributed by atoms with van der Waals surface area (Å²) in [5, 5.41) is 59.8. The molecule has 0 bridgehead atoms. The van der Waals surface area contributed by atoms with Crippen LogP contribution in [0.25, 0.3) is 84.5 Å². The molecule has 127 heavy (non-hydrogen) atoms. The quantitative estimate of drug-likeness (QED) is 0.0269. The molecule has 660 valence electrons. The third kappa shape index (κ3) is 23.1. The fourth-order valence-corrected chi connectivity index (χ4v) is 17.5. The molecule has 0 radical (unpaired) electrons. The lowest BCUT2D eigenvalue weighted by Gasteiger charge is -2.31. The largest absolute Gasteiger partial charge is 0.394 e. The number of aromatic nitrogens is 15. The van der Waals surface area contributed by atoms with Crippen LogP contribution in [0.5, 0.6) is 0 Å². The summed E-state index contributed by atoms with van der Waals surface area (Å²) >= 11 is 42.8. The first-order valence-corrected chi connectivity index (χ1v) is 46.5. The van der Waals surface area contributed by atoms with Gasteiger partial charge in [-0.2, -0.15) is 48.1 Å². The van der Waals surface area contributed by atoms with Gasteiger partial charge in [-0.05, 0) is 175 Å². The highest BCUT2D eigenvalue weighted by Gasteiger charge is 2.27. The molecule has 11 N–H and O–H groups in total. The van der Waals surface area contributed by atoms with Gasteiger partial charge in [0.05, 0.1) is 95.0 Å². The minimum absolute atomic E-state index is 0.0215. The molecule has 3 aliphatic heterocycles. The molecule has 13 heterocycles. The molecule has 3 saturated heterocycles. The zero-order valence-corrected chi connectivity index (χ0v) is 79.8. The maximum atomic E-state index is 11.7. The van der Waals surface area contributed by atoms with Gasteiger partial charge in [-0.1, -0.05) is 150 Å². The number of fused-ring (bicyclic) bond motifs is 5. The minimum atomic E-state index is -0.339. The molecule has 0 saturated carbocycles. The Balaban J connectivity index is 0.000000129. The number of halogens is 9. The monoisotopic (exact) mass is 2110 g/mol. The van der Waals surface area contributed by atoms with Gasteiger partial charge < -0.3 is 63.0 Å². The van der Waals surface area contributed by atoms with Crippen LogP contribution in [0.2, 0.25) is 20.1 Å². The van der Waals surface area contributed by atoms with Crippen molar-refractivity contribution in [2.75, 3.05) is 98.7 Å². The Kier molecular flexibility index (Phi) is 31.9. The minimum Gasteiger partial charge on any atom is -0.394 e. The number of rotatable bonds is 23. The summed E-state index contributed by atoms with van der Waals surface area (Å²) in [5.41, 5.74) is 22.9. The number of nitrogens with zero attached hydrogens (tertiary/aromatic N) is 18. The number of hydrogen-bond acceptors (Lipinski definition) is 20. The van der Waals surface area contributed by atoms with E-state index in [0.717, 1.165) is 222 Å². The second-order valence-electron chi connectivity index (χ2n) is 30.5. The third-order valence-corrected chi connectivity index (χ3v) is 25.4. The molecule has 0 spiro atoms. The van der Waals surface area contributed by atoms with Gasteiger partial charge >= 0.3 is 12.1 Å². The number of nitrogens with one attached hydrogen (secondary N) is 5. The van der Waals surface area contributed by atoms with Crippen molar-refractivity contribution in [2.45, 2.75) is 77.3 Å². The number of carbonyl (C=O) groups excluding carboxylic acids is 3. The van der Waals surface area contributed by atoms with Crippen molar-refractivity contribution in [3.05, 3.63) is 231 Å². The fourth-order valence-electron chi connectivity index (χ4n) is 14.9. The first-order chi connectivity index (χ1) is 61.5. The molecule has 0 aliphatic carbocycles.